The molecule has 0 fully saturated rings. The van der Waals surface area contributed by atoms with Crippen LogP contribution in [0, 0.1) is 5.41 Å². The number of hydrogen-bond donors (Lipinski definition) is 1. The second kappa shape index (κ2) is 5.85. The smallest absolute Gasteiger partial charge is 0.113 e. The van der Waals surface area contributed by atoms with Crippen molar-refractivity contribution in [3.8, 4) is 0 Å². The van der Waals surface area contributed by atoms with E-state index in [2.05, 4.69) is 11.8 Å². The largest absolute Gasteiger partial charge is 0.309 e. The van der Waals surface area contributed by atoms with E-state index in [9.17, 15) is 0 Å². The minimum Gasteiger partial charge on any atom is -0.309 e. The fourth-order valence-corrected chi connectivity index (χ4v) is 1.49. The van der Waals surface area contributed by atoms with Crippen molar-refractivity contribution in [3.63, 3.8) is 0 Å². The zero-order chi connectivity index (χ0) is 12.1. The Labute approximate surface area is 99.6 Å². The molecule has 1 atom stereocenters. The summed E-state index contributed by atoms with van der Waals surface area (Å²) in [5, 5.41) is 7.95. The molecule has 1 aromatic carbocycles. The topological polar surface area (TPSA) is 27.1 Å². The van der Waals surface area contributed by atoms with Gasteiger partial charge in [-0.25, -0.2) is 0 Å². The Morgan fingerprint density at radius 3 is 2.38 bits per heavy atom. The average Bonchev–Trinajstić information content (AvgIpc) is 2.21. The van der Waals surface area contributed by atoms with Crippen LogP contribution in [0.5, 0.6) is 0 Å². The molecular formula is C13H19BN2. The summed E-state index contributed by atoms with van der Waals surface area (Å²) in [4.78, 5) is 2.14. The molecule has 1 aromatic rings. The zero-order valence-corrected chi connectivity index (χ0v) is 10.3. The minimum absolute atomic E-state index is 0.418. The molecule has 0 saturated carbocycles. The first-order chi connectivity index (χ1) is 7.49. The van der Waals surface area contributed by atoms with E-state index >= 15 is 0 Å². The molecule has 0 aromatic heterocycles. The third kappa shape index (κ3) is 4.19. The van der Waals surface area contributed by atoms with Crippen molar-refractivity contribution in [1.82, 2.24) is 4.90 Å². The highest BCUT2D eigenvalue weighted by Crippen LogP contribution is 2.05. The lowest BCUT2D eigenvalue weighted by Crippen LogP contribution is -2.27. The van der Waals surface area contributed by atoms with Gasteiger partial charge in [0.2, 0.25) is 0 Å². The van der Waals surface area contributed by atoms with Gasteiger partial charge in [0, 0.05) is 24.6 Å². The highest BCUT2D eigenvalue weighted by molar-refractivity contribution is 6.32. The van der Waals surface area contributed by atoms with Gasteiger partial charge in [0.15, 0.2) is 0 Å². The number of benzene rings is 1. The van der Waals surface area contributed by atoms with Crippen LogP contribution in [0.15, 0.2) is 24.3 Å². The van der Waals surface area contributed by atoms with Crippen molar-refractivity contribution in [1.29, 1.82) is 5.41 Å². The molecule has 3 heteroatoms. The van der Waals surface area contributed by atoms with E-state index in [1.165, 1.54) is 0 Å². The Bertz CT molecular complexity index is 343. The molecule has 0 amide bonds. The molecule has 84 valence electrons. The van der Waals surface area contributed by atoms with Gasteiger partial charge >= 0.3 is 0 Å². The van der Waals surface area contributed by atoms with Crippen LogP contribution >= 0.6 is 0 Å². The molecule has 0 heterocycles. The molecule has 0 spiro atoms. The monoisotopic (exact) mass is 214 g/mol. The van der Waals surface area contributed by atoms with Crippen LogP contribution in [0.25, 0.3) is 0 Å². The summed E-state index contributed by atoms with van der Waals surface area (Å²) in [7, 11) is 9.70. The number of nitrogens with zero attached hydrogens (tertiary/aromatic N) is 1. The van der Waals surface area contributed by atoms with Gasteiger partial charge in [0.05, 0.1) is 0 Å². The third-order valence-corrected chi connectivity index (χ3v) is 2.82. The molecule has 0 unspecified atom stereocenters. The first-order valence-corrected chi connectivity index (χ1v) is 5.56. The molecular weight excluding hydrogens is 195 g/mol. The van der Waals surface area contributed by atoms with Crippen LogP contribution in [-0.4, -0.2) is 38.6 Å². The van der Waals surface area contributed by atoms with Gasteiger partial charge in [0.25, 0.3) is 0 Å². The van der Waals surface area contributed by atoms with Crippen molar-refractivity contribution in [2.75, 3.05) is 14.1 Å². The first kappa shape index (κ1) is 13.0. The number of rotatable bonds is 5. The lowest BCUT2D eigenvalue weighted by molar-refractivity contribution is 0.320. The van der Waals surface area contributed by atoms with E-state index in [4.69, 9.17) is 13.3 Å². The maximum Gasteiger partial charge on any atom is 0.113 e. The summed E-state index contributed by atoms with van der Waals surface area (Å²) in [6.45, 7) is 2.14. The second-order valence-corrected chi connectivity index (χ2v) is 4.54. The Balaban J connectivity index is 2.48. The van der Waals surface area contributed by atoms with Crippen LogP contribution in [0.4, 0.5) is 0 Å². The summed E-state index contributed by atoms with van der Waals surface area (Å²) in [6.07, 6.45) is 1.54. The normalized spacial score (nSPS) is 12.8. The summed E-state index contributed by atoms with van der Waals surface area (Å²) in [5.74, 6) is 0. The summed E-state index contributed by atoms with van der Waals surface area (Å²) in [5.41, 5.74) is 2.70. The van der Waals surface area contributed by atoms with Gasteiger partial charge < -0.3 is 10.3 Å². The Morgan fingerprint density at radius 2 is 1.88 bits per heavy atom. The fourth-order valence-electron chi connectivity index (χ4n) is 1.49. The van der Waals surface area contributed by atoms with Gasteiger partial charge in [-0.15, -0.1) is 0 Å². The van der Waals surface area contributed by atoms with Gasteiger partial charge in [-0.3, -0.25) is 0 Å². The standard InChI is InChI=1S/C13H19BN2/c1-10(16(2)3)8-13(15)9-11-4-6-12(14)7-5-11/h4-7,10,15H,8-9H2,1-3H3/t10-/m0/s1. The van der Waals surface area contributed by atoms with Gasteiger partial charge in [-0.1, -0.05) is 29.7 Å². The Kier molecular flexibility index (Phi) is 4.75. The van der Waals surface area contributed by atoms with Gasteiger partial charge in [-0.2, -0.15) is 0 Å². The lowest BCUT2D eigenvalue weighted by atomic mass is 9.94. The third-order valence-electron chi connectivity index (χ3n) is 2.82. The molecule has 16 heavy (non-hydrogen) atoms. The van der Waals surface area contributed by atoms with Crippen molar-refractivity contribution in [2.45, 2.75) is 25.8 Å². The van der Waals surface area contributed by atoms with Crippen LogP contribution in [0.1, 0.15) is 18.9 Å². The maximum absolute atomic E-state index is 7.95. The SMILES string of the molecule is [B]c1ccc(CC(=N)C[C@H](C)N(C)C)cc1. The van der Waals surface area contributed by atoms with Crippen molar-refractivity contribution in [2.24, 2.45) is 0 Å². The van der Waals surface area contributed by atoms with E-state index in [1.807, 2.05) is 38.4 Å². The van der Waals surface area contributed by atoms with Gasteiger partial charge in [0.1, 0.15) is 7.85 Å². The van der Waals surface area contributed by atoms with Crippen LogP contribution in [0.2, 0.25) is 0 Å². The highest BCUT2D eigenvalue weighted by atomic mass is 15.1. The molecule has 0 aliphatic carbocycles. The summed E-state index contributed by atoms with van der Waals surface area (Å²) < 4.78 is 0. The van der Waals surface area contributed by atoms with Crippen molar-refractivity contribution < 1.29 is 0 Å². The highest BCUT2D eigenvalue weighted by Gasteiger charge is 2.08. The quantitative estimate of drug-likeness (QED) is 0.581. The van der Waals surface area contributed by atoms with Crippen molar-refractivity contribution in [3.05, 3.63) is 29.8 Å². The second-order valence-electron chi connectivity index (χ2n) is 4.54. The molecule has 1 N–H and O–H groups in total. The predicted molar refractivity (Wildman–Crippen MR) is 71.0 cm³/mol. The molecule has 1 rings (SSSR count). The van der Waals surface area contributed by atoms with E-state index in [1.54, 1.807) is 0 Å². The van der Waals surface area contributed by atoms with Crippen LogP contribution in [0.3, 0.4) is 0 Å². The maximum atomic E-state index is 7.95. The van der Waals surface area contributed by atoms with E-state index in [-0.39, 0.29) is 0 Å². The molecule has 2 nitrogen and oxygen atoms in total. The Hall–Kier alpha value is -1.09. The van der Waals surface area contributed by atoms with Crippen molar-refractivity contribution >= 4 is 19.0 Å². The van der Waals surface area contributed by atoms with Gasteiger partial charge in [-0.05, 0) is 26.6 Å². The minimum atomic E-state index is 0.418. The van der Waals surface area contributed by atoms with E-state index < -0.39 is 0 Å². The first-order valence-electron chi connectivity index (χ1n) is 5.56. The summed E-state index contributed by atoms with van der Waals surface area (Å²) >= 11 is 0. The fraction of sp³-hybridized carbons (Fsp3) is 0.462. The lowest BCUT2D eigenvalue weighted by Gasteiger charge is -2.19. The summed E-state index contributed by atoms with van der Waals surface area (Å²) in [6, 6.07) is 8.17. The Morgan fingerprint density at radius 1 is 1.31 bits per heavy atom. The van der Waals surface area contributed by atoms with Crippen LogP contribution < -0.4 is 5.46 Å². The molecule has 0 aliphatic rings. The molecule has 0 saturated heterocycles. The molecule has 0 bridgehead atoms. The van der Waals surface area contributed by atoms with E-state index in [0.717, 1.165) is 29.6 Å². The number of nitrogens with one attached hydrogen (secondary N) is 1. The number of hydrogen-bond acceptors (Lipinski definition) is 2. The van der Waals surface area contributed by atoms with Crippen LogP contribution in [-0.2, 0) is 6.42 Å². The predicted octanol–water partition coefficient (Wildman–Crippen LogP) is 1.38. The van der Waals surface area contributed by atoms with E-state index in [0.29, 0.717) is 6.04 Å². The molecule has 0 aliphatic heterocycles. The zero-order valence-electron chi connectivity index (χ0n) is 10.3. The molecule has 2 radical (unpaired) electrons. The average molecular weight is 214 g/mol.